The van der Waals surface area contributed by atoms with Crippen molar-refractivity contribution in [3.05, 3.63) is 71.8 Å². The molecule has 0 saturated carbocycles. The van der Waals surface area contributed by atoms with Crippen LogP contribution in [0.15, 0.2) is 54.9 Å². The van der Waals surface area contributed by atoms with E-state index in [0.29, 0.717) is 13.0 Å². The molecule has 3 heterocycles. The van der Waals surface area contributed by atoms with Crippen LogP contribution in [0.4, 0.5) is 0 Å². The highest BCUT2D eigenvalue weighted by Crippen LogP contribution is 2.22. The minimum Gasteiger partial charge on any atom is -0.358 e. The highest BCUT2D eigenvalue weighted by Gasteiger charge is 2.12. The number of hydrogen-bond donors (Lipinski definition) is 2. The lowest BCUT2D eigenvalue weighted by Crippen LogP contribution is -2.24. The molecule has 4 aromatic rings. The van der Waals surface area contributed by atoms with Crippen LogP contribution in [-0.2, 0) is 17.8 Å². The Morgan fingerprint density at radius 2 is 2.04 bits per heavy atom. The zero-order chi connectivity index (χ0) is 16.5. The first-order valence-electron chi connectivity index (χ1n) is 7.96. The fourth-order valence-corrected chi connectivity index (χ4v) is 3.05. The number of aromatic nitrogens is 3. The summed E-state index contributed by atoms with van der Waals surface area (Å²) in [6, 6.07) is 13.9. The van der Waals surface area contributed by atoms with Gasteiger partial charge >= 0.3 is 0 Å². The van der Waals surface area contributed by atoms with Crippen molar-refractivity contribution < 1.29 is 4.79 Å². The van der Waals surface area contributed by atoms with Crippen molar-refractivity contribution in [2.45, 2.75) is 19.9 Å². The van der Waals surface area contributed by atoms with Crippen LogP contribution in [0, 0.1) is 6.92 Å². The van der Waals surface area contributed by atoms with Crippen LogP contribution in [0.2, 0.25) is 0 Å². The Bertz CT molecular complexity index is 995. The molecule has 120 valence electrons. The molecule has 0 aliphatic rings. The van der Waals surface area contributed by atoms with Crippen molar-refractivity contribution in [2.75, 3.05) is 0 Å². The van der Waals surface area contributed by atoms with Gasteiger partial charge in [0.2, 0.25) is 5.91 Å². The average molecular weight is 318 g/mol. The Balaban J connectivity index is 1.47. The third-order valence-electron chi connectivity index (χ3n) is 4.24. The molecular formula is C19H18N4O. The molecule has 0 aliphatic carbocycles. The fourth-order valence-electron chi connectivity index (χ4n) is 3.05. The molecule has 0 atom stereocenters. The van der Waals surface area contributed by atoms with E-state index in [4.69, 9.17) is 0 Å². The largest absolute Gasteiger partial charge is 0.358 e. The van der Waals surface area contributed by atoms with Crippen molar-refractivity contribution in [3.63, 3.8) is 0 Å². The molecule has 2 N–H and O–H groups in total. The molecule has 5 heteroatoms. The molecule has 0 radical (unpaired) electrons. The maximum absolute atomic E-state index is 12.3. The Morgan fingerprint density at radius 3 is 2.92 bits per heavy atom. The summed E-state index contributed by atoms with van der Waals surface area (Å²) < 4.78 is 1.95. The summed E-state index contributed by atoms with van der Waals surface area (Å²) in [7, 11) is 0. The van der Waals surface area contributed by atoms with Crippen molar-refractivity contribution in [3.8, 4) is 0 Å². The number of pyridine rings is 1. The van der Waals surface area contributed by atoms with Gasteiger partial charge in [-0.15, -0.1) is 0 Å². The van der Waals surface area contributed by atoms with Crippen LogP contribution in [-0.4, -0.2) is 20.3 Å². The summed E-state index contributed by atoms with van der Waals surface area (Å²) in [5.74, 6) is -0.0000841. The molecule has 1 amide bonds. The summed E-state index contributed by atoms with van der Waals surface area (Å²) in [5, 5.41) is 4.07. The summed E-state index contributed by atoms with van der Waals surface area (Å²) in [6.07, 6.45) is 4.25. The zero-order valence-electron chi connectivity index (χ0n) is 13.4. The molecule has 24 heavy (non-hydrogen) atoms. The molecule has 0 fully saturated rings. The van der Waals surface area contributed by atoms with Crippen LogP contribution < -0.4 is 5.32 Å². The van der Waals surface area contributed by atoms with E-state index in [2.05, 4.69) is 15.3 Å². The lowest BCUT2D eigenvalue weighted by Gasteiger charge is -2.04. The standard InChI is InChI=1S/C19H18N4O/c1-13-16(15-6-2-3-7-17(15)21-13)10-19(24)20-11-14-12-23-9-5-4-8-18(23)22-14/h2-9,12,21H,10-11H2,1H3,(H,20,24). The number of amides is 1. The number of hydrogen-bond acceptors (Lipinski definition) is 2. The number of aryl methyl sites for hydroxylation is 1. The van der Waals surface area contributed by atoms with Gasteiger partial charge in [-0.1, -0.05) is 24.3 Å². The van der Waals surface area contributed by atoms with E-state index >= 15 is 0 Å². The summed E-state index contributed by atoms with van der Waals surface area (Å²) >= 11 is 0. The first kappa shape index (κ1) is 14.5. The van der Waals surface area contributed by atoms with Gasteiger partial charge in [0.25, 0.3) is 0 Å². The number of para-hydroxylation sites is 1. The Morgan fingerprint density at radius 1 is 1.21 bits per heavy atom. The minimum atomic E-state index is -0.0000841. The molecule has 4 rings (SSSR count). The fraction of sp³-hybridized carbons (Fsp3) is 0.158. The quantitative estimate of drug-likeness (QED) is 0.607. The van der Waals surface area contributed by atoms with Crippen molar-refractivity contribution in [1.29, 1.82) is 0 Å². The van der Waals surface area contributed by atoms with Gasteiger partial charge in [-0.05, 0) is 30.7 Å². The van der Waals surface area contributed by atoms with E-state index in [9.17, 15) is 4.79 Å². The predicted molar refractivity (Wildman–Crippen MR) is 93.8 cm³/mol. The highest BCUT2D eigenvalue weighted by atomic mass is 16.1. The normalized spacial score (nSPS) is 11.2. The maximum atomic E-state index is 12.3. The number of H-pyrrole nitrogens is 1. The van der Waals surface area contributed by atoms with Gasteiger partial charge in [-0.3, -0.25) is 4.79 Å². The van der Waals surface area contributed by atoms with Crippen molar-refractivity contribution >= 4 is 22.5 Å². The van der Waals surface area contributed by atoms with Gasteiger partial charge in [0.05, 0.1) is 18.7 Å². The number of fused-ring (bicyclic) bond motifs is 2. The Hall–Kier alpha value is -3.08. The summed E-state index contributed by atoms with van der Waals surface area (Å²) in [4.78, 5) is 20.2. The second kappa shape index (κ2) is 5.85. The minimum absolute atomic E-state index is 0.0000841. The van der Waals surface area contributed by atoms with Crippen LogP contribution in [0.5, 0.6) is 0 Å². The lowest BCUT2D eigenvalue weighted by molar-refractivity contribution is -0.120. The number of imidazole rings is 1. The van der Waals surface area contributed by atoms with Crippen LogP contribution >= 0.6 is 0 Å². The predicted octanol–water partition coefficient (Wildman–Crippen LogP) is 2.98. The highest BCUT2D eigenvalue weighted by molar-refractivity contribution is 5.90. The molecule has 0 bridgehead atoms. The second-order valence-electron chi connectivity index (χ2n) is 5.93. The summed E-state index contributed by atoms with van der Waals surface area (Å²) in [6.45, 7) is 2.44. The van der Waals surface area contributed by atoms with E-state index in [0.717, 1.165) is 33.5 Å². The molecule has 1 aromatic carbocycles. The number of carbonyl (C=O) groups is 1. The Kier molecular flexibility index (Phi) is 3.54. The number of rotatable bonds is 4. The first-order chi connectivity index (χ1) is 11.7. The van der Waals surface area contributed by atoms with Crippen molar-refractivity contribution in [1.82, 2.24) is 19.7 Å². The van der Waals surface area contributed by atoms with Crippen LogP contribution in [0.25, 0.3) is 16.6 Å². The monoisotopic (exact) mass is 318 g/mol. The van der Waals surface area contributed by atoms with E-state index in [1.165, 1.54) is 0 Å². The molecule has 0 saturated heterocycles. The van der Waals surface area contributed by atoms with Gasteiger partial charge in [0, 0.05) is 29.0 Å². The first-order valence-corrected chi connectivity index (χ1v) is 7.96. The topological polar surface area (TPSA) is 62.2 Å². The maximum Gasteiger partial charge on any atom is 0.224 e. The van der Waals surface area contributed by atoms with Gasteiger partial charge in [-0.25, -0.2) is 4.98 Å². The molecule has 0 unspecified atom stereocenters. The second-order valence-corrected chi connectivity index (χ2v) is 5.93. The number of nitrogens with zero attached hydrogens (tertiary/aromatic N) is 2. The van der Waals surface area contributed by atoms with E-state index < -0.39 is 0 Å². The number of aromatic amines is 1. The van der Waals surface area contributed by atoms with Gasteiger partial charge in [0.15, 0.2) is 0 Å². The van der Waals surface area contributed by atoms with Gasteiger partial charge < -0.3 is 14.7 Å². The van der Waals surface area contributed by atoms with Crippen molar-refractivity contribution in [2.24, 2.45) is 0 Å². The SMILES string of the molecule is Cc1[nH]c2ccccc2c1CC(=O)NCc1cn2ccccc2n1. The number of benzene rings is 1. The van der Waals surface area contributed by atoms with E-state index in [1.54, 1.807) is 0 Å². The van der Waals surface area contributed by atoms with Gasteiger partial charge in [0.1, 0.15) is 5.65 Å². The van der Waals surface area contributed by atoms with E-state index in [-0.39, 0.29) is 5.91 Å². The molecule has 5 nitrogen and oxygen atoms in total. The van der Waals surface area contributed by atoms with E-state index in [1.807, 2.05) is 66.2 Å². The lowest BCUT2D eigenvalue weighted by atomic mass is 10.1. The molecule has 0 spiro atoms. The third kappa shape index (κ3) is 2.65. The Labute approximate surface area is 139 Å². The molecular weight excluding hydrogens is 300 g/mol. The third-order valence-corrected chi connectivity index (χ3v) is 4.24. The zero-order valence-corrected chi connectivity index (χ0v) is 13.4. The molecule has 3 aromatic heterocycles. The van der Waals surface area contributed by atoms with Crippen LogP contribution in [0.3, 0.4) is 0 Å². The summed E-state index contributed by atoms with van der Waals surface area (Å²) in [5.41, 5.74) is 4.90. The van der Waals surface area contributed by atoms with Crippen LogP contribution in [0.1, 0.15) is 17.0 Å². The number of carbonyl (C=O) groups excluding carboxylic acids is 1. The average Bonchev–Trinajstić information content (AvgIpc) is 3.14. The number of nitrogens with one attached hydrogen (secondary N) is 2. The van der Waals surface area contributed by atoms with Gasteiger partial charge in [-0.2, -0.15) is 0 Å². The molecule has 0 aliphatic heterocycles. The smallest absolute Gasteiger partial charge is 0.224 e.